The summed E-state index contributed by atoms with van der Waals surface area (Å²) in [6.45, 7) is 0. The molecular formula is C14H14BrNO2. The van der Waals surface area contributed by atoms with Crippen LogP contribution in [0, 0.1) is 0 Å². The number of amides is 2. The van der Waals surface area contributed by atoms with Crippen molar-refractivity contribution in [2.75, 3.05) is 0 Å². The average Bonchev–Trinajstić information content (AvgIpc) is 2.63. The van der Waals surface area contributed by atoms with Crippen LogP contribution in [0.15, 0.2) is 18.2 Å². The number of alkyl halides is 1. The van der Waals surface area contributed by atoms with E-state index in [1.54, 1.807) is 0 Å². The minimum atomic E-state index is -0.432. The number of imide groups is 1. The third-order valence-electron chi connectivity index (χ3n) is 3.84. The van der Waals surface area contributed by atoms with Gasteiger partial charge in [0, 0.05) is 0 Å². The van der Waals surface area contributed by atoms with Crippen molar-refractivity contribution in [3.63, 3.8) is 0 Å². The Kier molecular flexibility index (Phi) is 2.98. The molecule has 1 aliphatic carbocycles. The first kappa shape index (κ1) is 11.9. The molecule has 94 valence electrons. The van der Waals surface area contributed by atoms with E-state index >= 15 is 0 Å². The molecular weight excluding hydrogens is 294 g/mol. The highest BCUT2D eigenvalue weighted by Gasteiger charge is 2.42. The molecule has 1 aromatic carbocycles. The predicted octanol–water partition coefficient (Wildman–Crippen LogP) is 2.07. The highest BCUT2D eigenvalue weighted by molar-refractivity contribution is 9.10. The van der Waals surface area contributed by atoms with E-state index in [4.69, 9.17) is 0 Å². The zero-order valence-electron chi connectivity index (χ0n) is 9.91. The van der Waals surface area contributed by atoms with Crippen LogP contribution in [0.1, 0.15) is 35.4 Å². The highest BCUT2D eigenvalue weighted by atomic mass is 79.9. The van der Waals surface area contributed by atoms with Crippen LogP contribution >= 0.6 is 15.9 Å². The molecule has 0 bridgehead atoms. The number of hydrogen-bond donors (Lipinski definition) is 1. The van der Waals surface area contributed by atoms with E-state index in [9.17, 15) is 9.59 Å². The topological polar surface area (TPSA) is 46.2 Å². The van der Waals surface area contributed by atoms with E-state index in [0.29, 0.717) is 0 Å². The van der Waals surface area contributed by atoms with Gasteiger partial charge >= 0.3 is 0 Å². The van der Waals surface area contributed by atoms with Gasteiger partial charge in [0.15, 0.2) is 0 Å². The third-order valence-corrected chi connectivity index (χ3v) is 4.78. The van der Waals surface area contributed by atoms with Gasteiger partial charge in [0.05, 0.1) is 5.92 Å². The lowest BCUT2D eigenvalue weighted by atomic mass is 9.83. The smallest absolute Gasteiger partial charge is 0.241 e. The molecule has 2 amide bonds. The standard InChI is InChI=1S/C14H14BrNO2/c15-12-11(13(17)16-14(12)18)10-7-3-5-8-4-1-2-6-9(8)10/h3,5,7,11-12H,1-2,4,6H2,(H,16,17,18). The Labute approximate surface area is 114 Å². The molecule has 3 rings (SSSR count). The first-order valence-corrected chi connectivity index (χ1v) is 7.19. The van der Waals surface area contributed by atoms with Crippen LogP contribution < -0.4 is 5.32 Å². The molecule has 18 heavy (non-hydrogen) atoms. The third kappa shape index (κ3) is 1.79. The number of benzene rings is 1. The minimum absolute atomic E-state index is 0.180. The first-order chi connectivity index (χ1) is 8.68. The summed E-state index contributed by atoms with van der Waals surface area (Å²) in [5, 5.41) is 2.40. The molecule has 2 aliphatic rings. The fraction of sp³-hybridized carbons (Fsp3) is 0.429. The maximum Gasteiger partial charge on any atom is 0.241 e. The number of halogens is 1. The van der Waals surface area contributed by atoms with E-state index < -0.39 is 4.83 Å². The molecule has 1 aromatic rings. The summed E-state index contributed by atoms with van der Waals surface area (Å²) < 4.78 is 0. The molecule has 0 saturated carbocycles. The predicted molar refractivity (Wildman–Crippen MR) is 71.7 cm³/mol. The summed E-state index contributed by atoms with van der Waals surface area (Å²) in [6.07, 6.45) is 4.48. The molecule has 2 unspecified atom stereocenters. The molecule has 2 atom stereocenters. The Bertz CT molecular complexity index is 527. The van der Waals surface area contributed by atoms with E-state index in [0.717, 1.165) is 18.4 Å². The number of fused-ring (bicyclic) bond motifs is 1. The van der Waals surface area contributed by atoms with Gasteiger partial charge in [-0.2, -0.15) is 0 Å². The van der Waals surface area contributed by atoms with Crippen molar-refractivity contribution in [1.29, 1.82) is 0 Å². The van der Waals surface area contributed by atoms with Gasteiger partial charge in [-0.25, -0.2) is 0 Å². The monoisotopic (exact) mass is 307 g/mol. The number of aryl methyl sites for hydroxylation is 1. The Balaban J connectivity index is 2.07. The minimum Gasteiger partial charge on any atom is -0.295 e. The lowest BCUT2D eigenvalue weighted by molar-refractivity contribution is -0.125. The molecule has 1 fully saturated rings. The summed E-state index contributed by atoms with van der Waals surface area (Å²) in [6, 6.07) is 6.12. The zero-order valence-corrected chi connectivity index (χ0v) is 11.5. The maximum absolute atomic E-state index is 11.9. The summed E-state index contributed by atoms with van der Waals surface area (Å²) in [4.78, 5) is 23.0. The second-order valence-corrected chi connectivity index (χ2v) is 5.91. The Morgan fingerprint density at radius 3 is 2.61 bits per heavy atom. The number of rotatable bonds is 1. The second kappa shape index (κ2) is 4.50. The van der Waals surface area contributed by atoms with Crippen LogP contribution in [-0.4, -0.2) is 16.6 Å². The summed E-state index contributed by atoms with van der Waals surface area (Å²) in [7, 11) is 0. The molecule has 0 aromatic heterocycles. The van der Waals surface area contributed by atoms with Crippen LogP contribution in [0.25, 0.3) is 0 Å². The first-order valence-electron chi connectivity index (χ1n) is 6.28. The van der Waals surface area contributed by atoms with Crippen molar-refractivity contribution in [3.05, 3.63) is 34.9 Å². The lowest BCUT2D eigenvalue weighted by Gasteiger charge is -2.22. The molecule has 1 heterocycles. The van der Waals surface area contributed by atoms with Crippen molar-refractivity contribution in [1.82, 2.24) is 5.32 Å². The van der Waals surface area contributed by atoms with Crippen molar-refractivity contribution in [2.45, 2.75) is 36.4 Å². The van der Waals surface area contributed by atoms with Gasteiger partial charge in [0.2, 0.25) is 11.8 Å². The Morgan fingerprint density at radius 2 is 1.89 bits per heavy atom. The average molecular weight is 308 g/mol. The van der Waals surface area contributed by atoms with Crippen LogP contribution in [0.2, 0.25) is 0 Å². The van der Waals surface area contributed by atoms with Gasteiger partial charge in [-0.05, 0) is 42.4 Å². The van der Waals surface area contributed by atoms with Crippen molar-refractivity contribution < 1.29 is 9.59 Å². The largest absolute Gasteiger partial charge is 0.295 e. The molecule has 4 heteroatoms. The van der Waals surface area contributed by atoms with E-state index in [2.05, 4.69) is 27.3 Å². The van der Waals surface area contributed by atoms with E-state index in [-0.39, 0.29) is 17.7 Å². The van der Waals surface area contributed by atoms with E-state index in [1.165, 1.54) is 24.0 Å². The SMILES string of the molecule is O=C1NC(=O)C(c2cccc3c2CCCC3)C1Br. The summed E-state index contributed by atoms with van der Waals surface area (Å²) in [5.74, 6) is -0.773. The fourth-order valence-corrected chi connectivity index (χ4v) is 3.59. The molecule has 1 saturated heterocycles. The summed E-state index contributed by atoms with van der Waals surface area (Å²) >= 11 is 3.34. The second-order valence-electron chi connectivity index (χ2n) is 4.92. The van der Waals surface area contributed by atoms with Crippen LogP contribution in [-0.2, 0) is 22.4 Å². The van der Waals surface area contributed by atoms with Gasteiger partial charge < -0.3 is 0 Å². The van der Waals surface area contributed by atoms with Crippen molar-refractivity contribution >= 4 is 27.7 Å². The summed E-state index contributed by atoms with van der Waals surface area (Å²) in [5.41, 5.74) is 3.64. The molecule has 0 radical (unpaired) electrons. The Morgan fingerprint density at radius 1 is 1.11 bits per heavy atom. The Hall–Kier alpha value is -1.16. The van der Waals surface area contributed by atoms with E-state index in [1.807, 2.05) is 12.1 Å². The quantitative estimate of drug-likeness (QED) is 0.638. The maximum atomic E-state index is 11.9. The van der Waals surface area contributed by atoms with Crippen LogP contribution in [0.5, 0.6) is 0 Å². The fourth-order valence-electron chi connectivity index (χ4n) is 2.95. The van der Waals surface area contributed by atoms with Crippen LogP contribution in [0.3, 0.4) is 0 Å². The molecule has 1 N–H and O–H groups in total. The van der Waals surface area contributed by atoms with Gasteiger partial charge in [0.25, 0.3) is 0 Å². The van der Waals surface area contributed by atoms with Gasteiger partial charge in [-0.1, -0.05) is 34.1 Å². The van der Waals surface area contributed by atoms with Gasteiger partial charge in [-0.15, -0.1) is 0 Å². The van der Waals surface area contributed by atoms with Gasteiger partial charge in [0.1, 0.15) is 4.83 Å². The molecule has 1 aliphatic heterocycles. The van der Waals surface area contributed by atoms with Crippen molar-refractivity contribution in [2.24, 2.45) is 0 Å². The zero-order chi connectivity index (χ0) is 12.7. The molecule has 0 spiro atoms. The van der Waals surface area contributed by atoms with Gasteiger partial charge in [-0.3, -0.25) is 14.9 Å². The van der Waals surface area contributed by atoms with Crippen LogP contribution in [0.4, 0.5) is 0 Å². The van der Waals surface area contributed by atoms with Crippen molar-refractivity contribution in [3.8, 4) is 0 Å². The number of carbonyl (C=O) groups is 2. The normalized spacial score (nSPS) is 26.9. The highest BCUT2D eigenvalue weighted by Crippen LogP contribution is 2.35. The number of nitrogens with one attached hydrogen (secondary N) is 1. The number of carbonyl (C=O) groups excluding carboxylic acids is 2. The molecule has 3 nitrogen and oxygen atoms in total. The number of hydrogen-bond acceptors (Lipinski definition) is 2. The lowest BCUT2D eigenvalue weighted by Crippen LogP contribution is -2.22.